The molecule has 0 aliphatic carbocycles. The van der Waals surface area contributed by atoms with Crippen molar-refractivity contribution in [3.8, 4) is 11.1 Å². The molecule has 2 aromatic carbocycles. The number of alkyl halides is 3. The van der Waals surface area contributed by atoms with Gasteiger partial charge in [-0.2, -0.15) is 13.2 Å². The fraction of sp³-hybridized carbons (Fsp3) is 0.200. The lowest BCUT2D eigenvalue weighted by atomic mass is 9.97. The second kappa shape index (κ2) is 4.30. The zero-order valence-corrected chi connectivity index (χ0v) is 10.1. The van der Waals surface area contributed by atoms with Gasteiger partial charge in [-0.3, -0.25) is 0 Å². The molecule has 1 heterocycles. The van der Waals surface area contributed by atoms with E-state index < -0.39 is 11.7 Å². The molecule has 98 valence electrons. The van der Waals surface area contributed by atoms with Crippen LogP contribution in [0, 0.1) is 0 Å². The highest BCUT2D eigenvalue weighted by atomic mass is 19.4. The molecule has 0 saturated heterocycles. The first-order valence-corrected chi connectivity index (χ1v) is 6.09. The predicted molar refractivity (Wildman–Crippen MR) is 69.1 cm³/mol. The van der Waals surface area contributed by atoms with Gasteiger partial charge in [-0.1, -0.05) is 24.3 Å². The third-order valence-electron chi connectivity index (χ3n) is 3.36. The lowest BCUT2D eigenvalue weighted by Crippen LogP contribution is -2.06. The second-order valence-electron chi connectivity index (χ2n) is 4.59. The molecule has 1 aliphatic rings. The van der Waals surface area contributed by atoms with Crippen LogP contribution >= 0.6 is 0 Å². The van der Waals surface area contributed by atoms with Crippen LogP contribution in [0.1, 0.15) is 11.1 Å². The molecule has 1 nitrogen and oxygen atoms in total. The van der Waals surface area contributed by atoms with Crippen LogP contribution in [0.3, 0.4) is 0 Å². The Morgan fingerprint density at radius 2 is 1.79 bits per heavy atom. The van der Waals surface area contributed by atoms with Crippen molar-refractivity contribution in [3.63, 3.8) is 0 Å². The smallest absolute Gasteiger partial charge is 0.384 e. The van der Waals surface area contributed by atoms with Crippen LogP contribution in [0.5, 0.6) is 0 Å². The Morgan fingerprint density at radius 1 is 1.00 bits per heavy atom. The van der Waals surface area contributed by atoms with Crippen LogP contribution in [0.4, 0.5) is 18.9 Å². The summed E-state index contributed by atoms with van der Waals surface area (Å²) in [4.78, 5) is 0. The summed E-state index contributed by atoms with van der Waals surface area (Å²) in [5, 5.41) is 3.20. The van der Waals surface area contributed by atoms with Gasteiger partial charge in [0, 0.05) is 12.2 Å². The molecule has 19 heavy (non-hydrogen) atoms. The normalized spacial score (nSPS) is 14.1. The largest absolute Gasteiger partial charge is 0.417 e. The van der Waals surface area contributed by atoms with Crippen LogP contribution in [-0.4, -0.2) is 6.54 Å². The van der Waals surface area contributed by atoms with Crippen molar-refractivity contribution in [2.75, 3.05) is 11.9 Å². The Balaban J connectivity index is 2.12. The fourth-order valence-corrected chi connectivity index (χ4v) is 2.45. The predicted octanol–water partition coefficient (Wildman–Crippen LogP) is 4.34. The summed E-state index contributed by atoms with van der Waals surface area (Å²) in [6.07, 6.45) is -3.47. The van der Waals surface area contributed by atoms with E-state index >= 15 is 0 Å². The Labute approximate surface area is 109 Å². The molecule has 4 heteroatoms. The third kappa shape index (κ3) is 2.18. The van der Waals surface area contributed by atoms with Crippen LogP contribution in [0.25, 0.3) is 11.1 Å². The maximum atomic E-state index is 13.0. The van der Waals surface area contributed by atoms with E-state index in [0.29, 0.717) is 5.56 Å². The zero-order valence-electron chi connectivity index (χ0n) is 10.1. The minimum Gasteiger partial charge on any atom is -0.384 e. The molecule has 0 unspecified atom stereocenters. The summed E-state index contributed by atoms with van der Waals surface area (Å²) in [5.41, 5.74) is 2.38. The first-order valence-electron chi connectivity index (χ1n) is 6.09. The number of fused-ring (bicyclic) bond motifs is 1. The summed E-state index contributed by atoms with van der Waals surface area (Å²) in [6.45, 7) is 0.847. The van der Waals surface area contributed by atoms with Crippen molar-refractivity contribution in [2.45, 2.75) is 12.6 Å². The van der Waals surface area contributed by atoms with Crippen molar-refractivity contribution in [1.29, 1.82) is 0 Å². The second-order valence-corrected chi connectivity index (χ2v) is 4.59. The van der Waals surface area contributed by atoms with Gasteiger partial charge in [0.1, 0.15) is 0 Å². The van der Waals surface area contributed by atoms with Crippen LogP contribution < -0.4 is 5.32 Å². The van der Waals surface area contributed by atoms with Gasteiger partial charge in [-0.25, -0.2) is 0 Å². The van der Waals surface area contributed by atoms with Crippen molar-refractivity contribution >= 4 is 5.69 Å². The Kier molecular flexibility index (Phi) is 2.73. The number of rotatable bonds is 1. The highest BCUT2D eigenvalue weighted by molar-refractivity contribution is 5.72. The first kappa shape index (κ1) is 12.1. The maximum Gasteiger partial charge on any atom is 0.417 e. The highest BCUT2D eigenvalue weighted by Crippen LogP contribution is 2.38. The average molecular weight is 263 g/mol. The molecule has 0 radical (unpaired) electrons. The Bertz CT molecular complexity index is 617. The number of benzene rings is 2. The molecule has 3 rings (SSSR count). The average Bonchev–Trinajstić information content (AvgIpc) is 2.85. The minimum atomic E-state index is -4.33. The van der Waals surface area contributed by atoms with E-state index in [-0.39, 0.29) is 5.56 Å². The maximum absolute atomic E-state index is 13.0. The molecule has 1 aliphatic heterocycles. The standard InChI is InChI=1S/C15H12F3N/c16-15(17,18)13-4-2-1-3-12(13)10-5-6-14-11(9-10)7-8-19-14/h1-6,9,19H,7-8H2. The lowest BCUT2D eigenvalue weighted by molar-refractivity contribution is -0.137. The first-order chi connectivity index (χ1) is 9.05. The van der Waals surface area contributed by atoms with Crippen molar-refractivity contribution in [1.82, 2.24) is 0 Å². The summed E-state index contributed by atoms with van der Waals surface area (Å²) in [7, 11) is 0. The van der Waals surface area contributed by atoms with E-state index in [2.05, 4.69) is 5.32 Å². The molecular weight excluding hydrogens is 251 g/mol. The van der Waals surface area contributed by atoms with Crippen molar-refractivity contribution in [3.05, 3.63) is 53.6 Å². The van der Waals surface area contributed by atoms with Gasteiger partial charge in [0.05, 0.1) is 5.56 Å². The SMILES string of the molecule is FC(F)(F)c1ccccc1-c1ccc2c(c1)CCN2. The monoisotopic (exact) mass is 263 g/mol. The third-order valence-corrected chi connectivity index (χ3v) is 3.36. The van der Waals surface area contributed by atoms with E-state index in [4.69, 9.17) is 0 Å². The number of anilines is 1. The van der Waals surface area contributed by atoms with Gasteiger partial charge in [-0.15, -0.1) is 0 Å². The molecule has 0 saturated carbocycles. The zero-order chi connectivity index (χ0) is 13.5. The fourth-order valence-electron chi connectivity index (χ4n) is 2.45. The quantitative estimate of drug-likeness (QED) is 0.807. The summed E-state index contributed by atoms with van der Waals surface area (Å²) < 4.78 is 39.0. The van der Waals surface area contributed by atoms with E-state index in [1.807, 2.05) is 12.1 Å². The van der Waals surface area contributed by atoms with Crippen molar-refractivity contribution in [2.24, 2.45) is 0 Å². The van der Waals surface area contributed by atoms with E-state index in [1.54, 1.807) is 12.1 Å². The summed E-state index contributed by atoms with van der Waals surface area (Å²) in [6, 6.07) is 11.1. The van der Waals surface area contributed by atoms with Gasteiger partial charge in [0.15, 0.2) is 0 Å². The summed E-state index contributed by atoms with van der Waals surface area (Å²) in [5.74, 6) is 0. The Hall–Kier alpha value is -1.97. The molecule has 1 N–H and O–H groups in total. The van der Waals surface area contributed by atoms with E-state index in [1.165, 1.54) is 12.1 Å². The topological polar surface area (TPSA) is 12.0 Å². The number of halogens is 3. The van der Waals surface area contributed by atoms with Gasteiger partial charge < -0.3 is 5.32 Å². The highest BCUT2D eigenvalue weighted by Gasteiger charge is 2.33. The van der Waals surface area contributed by atoms with E-state index in [0.717, 1.165) is 30.3 Å². The van der Waals surface area contributed by atoms with Gasteiger partial charge in [-0.05, 0) is 41.3 Å². The molecular formula is C15H12F3N. The van der Waals surface area contributed by atoms with E-state index in [9.17, 15) is 13.2 Å². The molecule has 0 amide bonds. The lowest BCUT2D eigenvalue weighted by Gasteiger charge is -2.13. The number of hydrogen-bond acceptors (Lipinski definition) is 1. The number of hydrogen-bond donors (Lipinski definition) is 1. The molecule has 0 atom stereocenters. The Morgan fingerprint density at radius 3 is 2.58 bits per heavy atom. The van der Waals surface area contributed by atoms with Gasteiger partial charge in [0.2, 0.25) is 0 Å². The van der Waals surface area contributed by atoms with Crippen LogP contribution in [-0.2, 0) is 12.6 Å². The molecule has 0 bridgehead atoms. The summed E-state index contributed by atoms with van der Waals surface area (Å²) >= 11 is 0. The van der Waals surface area contributed by atoms with Gasteiger partial charge in [0.25, 0.3) is 0 Å². The van der Waals surface area contributed by atoms with Crippen LogP contribution in [0.15, 0.2) is 42.5 Å². The van der Waals surface area contributed by atoms with Crippen molar-refractivity contribution < 1.29 is 13.2 Å². The molecule has 0 spiro atoms. The minimum absolute atomic E-state index is 0.240. The van der Waals surface area contributed by atoms with Crippen LogP contribution in [0.2, 0.25) is 0 Å². The van der Waals surface area contributed by atoms with Gasteiger partial charge >= 0.3 is 6.18 Å². The molecule has 2 aromatic rings. The molecule has 0 fully saturated rings. The number of nitrogens with one attached hydrogen (secondary N) is 1. The molecule has 0 aromatic heterocycles.